The summed E-state index contributed by atoms with van der Waals surface area (Å²) in [5.74, 6) is -13.7. The number of aliphatic hydroxyl groups is 1. The number of Topliss-reactive ketones (excluding diaryl/α,β-unsaturated/α-hetero) is 4. The lowest BCUT2D eigenvalue weighted by atomic mass is 9.52. The third kappa shape index (κ3) is 4.37. The number of phenols is 1. The molecule has 3 aliphatic carbocycles. The Morgan fingerprint density at radius 3 is 2.29 bits per heavy atom. The highest BCUT2D eigenvalue weighted by molar-refractivity contribution is 6.32. The summed E-state index contributed by atoms with van der Waals surface area (Å²) in [4.78, 5) is 94.0. The third-order valence-corrected chi connectivity index (χ3v) is 8.39. The van der Waals surface area contributed by atoms with Crippen LogP contribution < -0.4 is 16.0 Å². The van der Waals surface area contributed by atoms with Crippen LogP contribution in [0, 0.1) is 23.7 Å². The number of nitrogens with one attached hydrogen (secondary N) is 1. The molecule has 2 saturated carbocycles. The molecule has 6 atom stereocenters. The molecule has 0 heterocycles. The number of benzene rings is 1. The van der Waals surface area contributed by atoms with Gasteiger partial charge in [0.25, 0.3) is 5.91 Å². The number of rotatable bonds is 6. The van der Waals surface area contributed by atoms with Crippen LogP contribution in [0.25, 0.3) is 0 Å². The van der Waals surface area contributed by atoms with Crippen LogP contribution in [0.5, 0.6) is 5.75 Å². The normalized spacial score (nSPS) is 28.9. The maximum absolute atomic E-state index is 14.0. The maximum atomic E-state index is 14.0. The number of hydrogen-bond acceptors (Lipinski definition) is 12. The lowest BCUT2D eigenvalue weighted by Crippen LogP contribution is -2.74. The summed E-state index contributed by atoms with van der Waals surface area (Å²) in [7, 11) is 7.43. The summed E-state index contributed by atoms with van der Waals surface area (Å²) in [5, 5.41) is 25.1. The van der Waals surface area contributed by atoms with Crippen molar-refractivity contribution in [2.45, 2.75) is 24.5 Å². The van der Waals surface area contributed by atoms with Gasteiger partial charge in [0, 0.05) is 25.7 Å². The second-order valence-corrected chi connectivity index (χ2v) is 11.1. The molecule has 2 unspecified atom stereocenters. The predicted octanol–water partition coefficient (Wildman–Crippen LogP) is -2.16. The second kappa shape index (κ2) is 10.3. The van der Waals surface area contributed by atoms with Crippen molar-refractivity contribution in [3.05, 3.63) is 22.8 Å². The molecule has 1 aromatic carbocycles. The molecule has 220 valence electrons. The van der Waals surface area contributed by atoms with E-state index in [-0.39, 0.29) is 24.0 Å². The zero-order valence-corrected chi connectivity index (χ0v) is 23.2. The molecule has 1 aromatic rings. The number of aromatic hydroxyl groups is 1. The van der Waals surface area contributed by atoms with Crippen LogP contribution in [0.2, 0.25) is 0 Å². The number of methoxy groups -OCH3 is 1. The first kappa shape index (κ1) is 29.8. The van der Waals surface area contributed by atoms with Crippen molar-refractivity contribution in [1.29, 1.82) is 0 Å². The number of anilines is 1. The number of ether oxygens (including phenoxy) is 1. The molecule has 0 radical (unpaired) electrons. The van der Waals surface area contributed by atoms with Gasteiger partial charge < -0.3 is 30.9 Å². The Morgan fingerprint density at radius 1 is 1.12 bits per heavy atom. The smallest absolute Gasteiger partial charge is 0.325 e. The summed E-state index contributed by atoms with van der Waals surface area (Å²) in [6, 6.07) is 0.141. The quantitative estimate of drug-likeness (QED) is 0.212. The van der Waals surface area contributed by atoms with Gasteiger partial charge in [-0.2, -0.15) is 0 Å². The third-order valence-electron chi connectivity index (χ3n) is 8.39. The van der Waals surface area contributed by atoms with Crippen LogP contribution in [-0.2, 0) is 35.1 Å². The number of likely N-dealkylation sites (N-methyl/N-ethyl adjacent to an activating group) is 1. The standard InChI is InChI=1S/C27H32N4O10/c1-30(2)14-8-12(26(39)29-9-15(32)41-5)20(33)17-11(14)6-10-7-13-19(31(3)4)22(35)18(25(28)38)24(37)27(13,40)23(36)16(10)21(17)34/h8,10,13,16,18-19,33,40H,6-7,9H2,1-5H3,(H2,28,38)(H,29,39)/t10-,13-,16?,18?,19-,27-/m0/s1. The van der Waals surface area contributed by atoms with Crippen LogP contribution in [0.15, 0.2) is 6.07 Å². The predicted molar refractivity (Wildman–Crippen MR) is 140 cm³/mol. The molecule has 0 bridgehead atoms. The second-order valence-electron chi connectivity index (χ2n) is 11.1. The molecule has 0 spiro atoms. The highest BCUT2D eigenvalue weighted by atomic mass is 16.5. The van der Waals surface area contributed by atoms with Crippen molar-refractivity contribution in [1.82, 2.24) is 10.2 Å². The van der Waals surface area contributed by atoms with Gasteiger partial charge >= 0.3 is 5.97 Å². The van der Waals surface area contributed by atoms with E-state index in [1.54, 1.807) is 19.0 Å². The van der Waals surface area contributed by atoms with Gasteiger partial charge in [0.1, 0.15) is 12.3 Å². The molecule has 14 nitrogen and oxygen atoms in total. The fourth-order valence-electron chi connectivity index (χ4n) is 6.54. The van der Waals surface area contributed by atoms with Crippen LogP contribution >= 0.6 is 0 Å². The number of primary amides is 1. The molecular weight excluding hydrogens is 540 g/mol. The number of carbonyl (C=O) groups is 7. The van der Waals surface area contributed by atoms with Crippen LogP contribution in [0.3, 0.4) is 0 Å². The minimum atomic E-state index is -2.85. The molecule has 3 aliphatic rings. The highest BCUT2D eigenvalue weighted by Gasteiger charge is 2.69. The highest BCUT2D eigenvalue weighted by Crippen LogP contribution is 2.52. The fraction of sp³-hybridized carbons (Fsp3) is 0.519. The molecule has 5 N–H and O–H groups in total. The van der Waals surface area contributed by atoms with Crippen LogP contribution in [0.1, 0.15) is 32.7 Å². The first-order valence-corrected chi connectivity index (χ1v) is 12.8. The van der Waals surface area contributed by atoms with Crippen molar-refractivity contribution in [2.75, 3.05) is 46.7 Å². The monoisotopic (exact) mass is 572 g/mol. The topological polar surface area (TPSA) is 214 Å². The molecule has 0 aliphatic heterocycles. The van der Waals surface area contributed by atoms with E-state index in [1.807, 2.05) is 0 Å². The largest absolute Gasteiger partial charge is 0.506 e. The average Bonchev–Trinajstić information content (AvgIpc) is 2.88. The number of carbonyl (C=O) groups excluding carboxylic acids is 7. The lowest BCUT2D eigenvalue weighted by Gasteiger charge is -2.52. The number of fused-ring (bicyclic) bond motifs is 3. The van der Waals surface area contributed by atoms with Crippen molar-refractivity contribution in [3.8, 4) is 5.75 Å². The average molecular weight is 573 g/mol. The minimum absolute atomic E-state index is 0.0387. The minimum Gasteiger partial charge on any atom is -0.506 e. The van der Waals surface area contributed by atoms with Crippen LogP contribution in [0.4, 0.5) is 5.69 Å². The van der Waals surface area contributed by atoms with Gasteiger partial charge in [0.2, 0.25) is 5.91 Å². The Labute approximate surface area is 234 Å². The zero-order valence-electron chi connectivity index (χ0n) is 23.2. The number of phenolic OH excluding ortho intramolecular Hbond substituents is 1. The Hall–Kier alpha value is -4.17. The van der Waals surface area contributed by atoms with E-state index in [0.29, 0.717) is 11.3 Å². The first-order chi connectivity index (χ1) is 19.1. The van der Waals surface area contributed by atoms with E-state index in [0.717, 1.165) is 7.11 Å². The maximum Gasteiger partial charge on any atom is 0.325 e. The van der Waals surface area contributed by atoms with E-state index in [4.69, 9.17) is 5.73 Å². The van der Waals surface area contributed by atoms with Crippen molar-refractivity contribution in [3.63, 3.8) is 0 Å². The van der Waals surface area contributed by atoms with E-state index in [1.165, 1.54) is 25.1 Å². The van der Waals surface area contributed by atoms with Gasteiger partial charge in [0.05, 0.1) is 30.2 Å². The Morgan fingerprint density at radius 2 is 1.76 bits per heavy atom. The summed E-state index contributed by atoms with van der Waals surface area (Å²) in [6.45, 7) is -0.510. The molecular formula is C27H32N4O10. The summed E-state index contributed by atoms with van der Waals surface area (Å²) in [6.07, 6.45) is -0.0597. The van der Waals surface area contributed by atoms with Gasteiger partial charge in [0.15, 0.2) is 34.7 Å². The molecule has 4 rings (SSSR count). The Kier molecular flexibility index (Phi) is 7.52. The van der Waals surface area contributed by atoms with Gasteiger partial charge in [-0.1, -0.05) is 0 Å². The van der Waals surface area contributed by atoms with E-state index in [9.17, 15) is 43.8 Å². The van der Waals surface area contributed by atoms with Crippen molar-refractivity contribution < 1.29 is 48.5 Å². The number of amides is 2. The number of hydrogen-bond donors (Lipinski definition) is 4. The summed E-state index contributed by atoms with van der Waals surface area (Å²) in [5.41, 5.74) is 2.52. The summed E-state index contributed by atoms with van der Waals surface area (Å²) < 4.78 is 4.50. The fourth-order valence-corrected chi connectivity index (χ4v) is 6.54. The summed E-state index contributed by atoms with van der Waals surface area (Å²) >= 11 is 0. The van der Waals surface area contributed by atoms with Crippen molar-refractivity contribution in [2.24, 2.45) is 29.4 Å². The lowest BCUT2D eigenvalue weighted by molar-refractivity contribution is -0.181. The van der Waals surface area contributed by atoms with E-state index < -0.39 is 88.5 Å². The van der Waals surface area contributed by atoms with Crippen molar-refractivity contribution >= 4 is 46.6 Å². The van der Waals surface area contributed by atoms with Crippen LogP contribution in [-0.4, -0.2) is 110 Å². The number of esters is 1. The van der Waals surface area contributed by atoms with Gasteiger partial charge in [-0.05, 0) is 44.5 Å². The van der Waals surface area contributed by atoms with Gasteiger partial charge in [-0.25, -0.2) is 0 Å². The number of nitrogens with two attached hydrogens (primary N) is 1. The Bertz CT molecular complexity index is 1400. The van der Waals surface area contributed by atoms with Gasteiger partial charge in [-0.15, -0.1) is 0 Å². The van der Waals surface area contributed by atoms with E-state index in [2.05, 4.69) is 10.1 Å². The molecule has 0 saturated heterocycles. The zero-order chi connectivity index (χ0) is 30.7. The number of ketones is 4. The van der Waals surface area contributed by atoms with Gasteiger partial charge in [-0.3, -0.25) is 38.5 Å². The molecule has 0 aromatic heterocycles. The van der Waals surface area contributed by atoms with E-state index >= 15 is 0 Å². The molecule has 14 heteroatoms. The molecule has 41 heavy (non-hydrogen) atoms. The first-order valence-electron chi connectivity index (χ1n) is 12.8. The SMILES string of the molecule is COC(=O)CNC(=O)c1cc(N(C)C)c2c(c1O)C(=O)C1C(=O)[C@]3(O)C(=O)C(C(N)=O)C(=O)[C@@H](N(C)C)[C@@H]3C[C@@H]1C2. The molecule has 2 fully saturated rings. The number of nitrogens with zero attached hydrogens (tertiary/aromatic N) is 2. The Balaban J connectivity index is 1.85. The molecule has 2 amide bonds.